The van der Waals surface area contributed by atoms with E-state index in [2.05, 4.69) is 16.6 Å². The molecule has 1 aromatic heterocycles. The fourth-order valence-corrected chi connectivity index (χ4v) is 3.85. The van der Waals surface area contributed by atoms with Crippen molar-refractivity contribution >= 4 is 10.0 Å². The Bertz CT molecular complexity index is 506. The molecule has 2 rings (SSSR count). The minimum Gasteiger partial charge on any atom is -0.326 e. The minimum absolute atomic E-state index is 0.156. The van der Waals surface area contributed by atoms with E-state index in [4.69, 9.17) is 5.73 Å². The van der Waals surface area contributed by atoms with Gasteiger partial charge < -0.3 is 5.73 Å². The van der Waals surface area contributed by atoms with Gasteiger partial charge in [-0.25, -0.2) is 13.1 Å². The molecule has 0 amide bonds. The molecule has 0 spiro atoms. The first-order valence-corrected chi connectivity index (χ1v) is 8.39. The molecule has 1 saturated carbocycles. The van der Waals surface area contributed by atoms with E-state index in [1.54, 1.807) is 12.4 Å². The average Bonchev–Trinajstić information content (AvgIpc) is 2.33. The number of nitrogens with zero attached hydrogens (tertiary/aromatic N) is 1. The van der Waals surface area contributed by atoms with Crippen LogP contribution in [0.15, 0.2) is 24.5 Å². The van der Waals surface area contributed by atoms with Crippen LogP contribution >= 0.6 is 0 Å². The quantitative estimate of drug-likeness (QED) is 0.861. The van der Waals surface area contributed by atoms with Gasteiger partial charge in [0.25, 0.3) is 0 Å². The zero-order valence-corrected chi connectivity index (χ0v) is 12.1. The monoisotopic (exact) mass is 283 g/mol. The van der Waals surface area contributed by atoms with Crippen molar-refractivity contribution in [1.29, 1.82) is 0 Å². The molecule has 0 unspecified atom stereocenters. The van der Waals surface area contributed by atoms with Crippen LogP contribution in [0.2, 0.25) is 0 Å². The molecule has 1 aliphatic rings. The van der Waals surface area contributed by atoms with Crippen molar-refractivity contribution in [3.05, 3.63) is 30.1 Å². The van der Waals surface area contributed by atoms with Gasteiger partial charge in [0.1, 0.15) is 0 Å². The predicted molar refractivity (Wildman–Crippen MR) is 75.1 cm³/mol. The van der Waals surface area contributed by atoms with E-state index in [9.17, 15) is 8.42 Å². The minimum atomic E-state index is -3.21. The zero-order valence-electron chi connectivity index (χ0n) is 11.3. The van der Waals surface area contributed by atoms with Crippen LogP contribution in [0.3, 0.4) is 0 Å². The van der Waals surface area contributed by atoms with Crippen molar-refractivity contribution < 1.29 is 8.42 Å². The Hall–Kier alpha value is -0.980. The lowest BCUT2D eigenvalue weighted by Gasteiger charge is -2.39. The van der Waals surface area contributed by atoms with Gasteiger partial charge in [-0.2, -0.15) is 0 Å². The summed E-state index contributed by atoms with van der Waals surface area (Å²) in [5, 5.41) is 0. The third-order valence-corrected chi connectivity index (χ3v) is 4.52. The van der Waals surface area contributed by atoms with Gasteiger partial charge in [0.05, 0.1) is 6.26 Å². The van der Waals surface area contributed by atoms with Crippen LogP contribution < -0.4 is 10.5 Å². The van der Waals surface area contributed by atoms with Crippen molar-refractivity contribution in [2.45, 2.75) is 37.8 Å². The molecule has 1 fully saturated rings. The van der Waals surface area contributed by atoms with Crippen LogP contribution in [-0.2, 0) is 10.0 Å². The van der Waals surface area contributed by atoms with Crippen LogP contribution in [0, 0.1) is 5.92 Å². The number of nitrogens with one attached hydrogen (secondary N) is 1. The fraction of sp³-hybridized carbons (Fsp3) is 0.615. The lowest BCUT2D eigenvalue weighted by molar-refractivity contribution is 0.248. The van der Waals surface area contributed by atoms with Crippen LogP contribution in [-0.4, -0.2) is 31.7 Å². The van der Waals surface area contributed by atoms with Gasteiger partial charge in [0.2, 0.25) is 10.0 Å². The van der Waals surface area contributed by atoms with Gasteiger partial charge in [0.15, 0.2) is 0 Å². The smallest absolute Gasteiger partial charge is 0.209 e. The maximum Gasteiger partial charge on any atom is 0.209 e. The first-order chi connectivity index (χ1) is 8.87. The molecule has 0 bridgehead atoms. The maximum absolute atomic E-state index is 11.4. The lowest BCUT2D eigenvalue weighted by Crippen LogP contribution is -2.54. The Labute approximate surface area is 114 Å². The number of pyridine rings is 1. The van der Waals surface area contributed by atoms with E-state index in [1.807, 2.05) is 12.1 Å². The summed E-state index contributed by atoms with van der Waals surface area (Å²) in [5.74, 6) is 0.599. The average molecular weight is 283 g/mol. The van der Waals surface area contributed by atoms with Crippen molar-refractivity contribution in [3.8, 4) is 0 Å². The number of aromatic nitrogens is 1. The molecule has 3 N–H and O–H groups in total. The largest absolute Gasteiger partial charge is 0.326 e. The van der Waals surface area contributed by atoms with Crippen molar-refractivity contribution in [3.63, 3.8) is 0 Å². The van der Waals surface area contributed by atoms with Gasteiger partial charge in [-0.3, -0.25) is 4.98 Å². The van der Waals surface area contributed by atoms with Crippen LogP contribution in [0.4, 0.5) is 0 Å². The summed E-state index contributed by atoms with van der Waals surface area (Å²) in [7, 11) is -3.21. The van der Waals surface area contributed by atoms with Crippen molar-refractivity contribution in [2.75, 3.05) is 6.26 Å². The number of nitrogens with two attached hydrogens (primary N) is 1. The highest BCUT2D eigenvalue weighted by Crippen LogP contribution is 2.35. The van der Waals surface area contributed by atoms with Crippen molar-refractivity contribution in [1.82, 2.24) is 9.71 Å². The van der Waals surface area contributed by atoms with Crippen LogP contribution in [0.1, 0.15) is 31.2 Å². The molecule has 6 heteroatoms. The van der Waals surface area contributed by atoms with E-state index in [0.717, 1.165) is 12.8 Å². The first kappa shape index (κ1) is 14.4. The summed E-state index contributed by atoms with van der Waals surface area (Å²) in [6.07, 6.45) is 6.48. The Balaban J connectivity index is 2.10. The molecule has 0 saturated heterocycles. The lowest BCUT2D eigenvalue weighted by atomic mass is 9.74. The molecule has 1 aliphatic carbocycles. The molecule has 1 heterocycles. The number of rotatable bonds is 3. The second kappa shape index (κ2) is 5.56. The van der Waals surface area contributed by atoms with Gasteiger partial charge in [-0.1, -0.05) is 6.92 Å². The molecule has 1 aromatic rings. The molecular weight excluding hydrogens is 262 g/mol. The molecular formula is C13H21N3O2S. The zero-order chi connectivity index (χ0) is 14.0. The predicted octanol–water partition coefficient (Wildman–Crippen LogP) is 0.840. The summed E-state index contributed by atoms with van der Waals surface area (Å²) in [4.78, 5) is 4.02. The number of hydrogen-bond acceptors (Lipinski definition) is 4. The molecule has 0 aromatic carbocycles. The van der Waals surface area contributed by atoms with E-state index in [0.29, 0.717) is 5.92 Å². The highest BCUT2D eigenvalue weighted by atomic mass is 32.2. The molecule has 5 nitrogen and oxygen atoms in total. The highest BCUT2D eigenvalue weighted by molar-refractivity contribution is 7.88. The summed E-state index contributed by atoms with van der Waals surface area (Å²) in [6, 6.07) is 3.69. The molecule has 4 atom stereocenters. The third-order valence-electron chi connectivity index (χ3n) is 3.81. The Morgan fingerprint density at radius 1 is 1.32 bits per heavy atom. The summed E-state index contributed by atoms with van der Waals surface area (Å²) in [5.41, 5.74) is 7.39. The Kier molecular flexibility index (Phi) is 4.23. The standard InChI is InChI=1S/C13H21N3O2S/c1-9-7-11(10-3-5-15-6-4-10)8-12(14)13(9)16-19(2,17)18/h3-6,9,11-13,16H,7-8,14H2,1-2H3/t9-,11+,12+,13-/m0/s1. The maximum atomic E-state index is 11.4. The SMILES string of the molecule is C[C@H]1C[C@@H](c2ccncc2)C[C@@H](N)[C@H]1NS(C)(=O)=O. The van der Waals surface area contributed by atoms with Crippen molar-refractivity contribution in [2.24, 2.45) is 11.7 Å². The second-order valence-electron chi connectivity index (χ2n) is 5.51. The van der Waals surface area contributed by atoms with E-state index < -0.39 is 10.0 Å². The Morgan fingerprint density at radius 3 is 2.47 bits per heavy atom. The summed E-state index contributed by atoms with van der Waals surface area (Å²) >= 11 is 0. The highest BCUT2D eigenvalue weighted by Gasteiger charge is 2.35. The normalized spacial score (nSPS) is 32.2. The topological polar surface area (TPSA) is 85.1 Å². The van der Waals surface area contributed by atoms with Crippen LogP contribution in [0.5, 0.6) is 0 Å². The summed E-state index contributed by atoms with van der Waals surface area (Å²) < 4.78 is 25.4. The number of sulfonamides is 1. The molecule has 19 heavy (non-hydrogen) atoms. The van der Waals surface area contributed by atoms with E-state index >= 15 is 0 Å². The van der Waals surface area contributed by atoms with E-state index in [1.165, 1.54) is 11.8 Å². The second-order valence-corrected chi connectivity index (χ2v) is 7.29. The summed E-state index contributed by atoms with van der Waals surface area (Å²) in [6.45, 7) is 2.05. The fourth-order valence-electron chi connectivity index (χ4n) is 2.95. The molecule has 106 valence electrons. The molecule has 0 radical (unpaired) electrons. The Morgan fingerprint density at radius 2 is 1.95 bits per heavy atom. The first-order valence-electron chi connectivity index (χ1n) is 6.49. The van der Waals surface area contributed by atoms with Gasteiger partial charge in [-0.15, -0.1) is 0 Å². The third kappa shape index (κ3) is 3.75. The van der Waals surface area contributed by atoms with Gasteiger partial charge >= 0.3 is 0 Å². The van der Waals surface area contributed by atoms with Crippen LogP contribution in [0.25, 0.3) is 0 Å². The van der Waals surface area contributed by atoms with E-state index in [-0.39, 0.29) is 18.0 Å². The van der Waals surface area contributed by atoms with Gasteiger partial charge in [0, 0.05) is 24.5 Å². The van der Waals surface area contributed by atoms with Gasteiger partial charge in [-0.05, 0) is 42.4 Å². The molecule has 0 aliphatic heterocycles. The number of hydrogen-bond donors (Lipinski definition) is 2.